The predicted octanol–water partition coefficient (Wildman–Crippen LogP) is 2.22. The fourth-order valence-electron chi connectivity index (χ4n) is 3.45. The molecule has 0 bridgehead atoms. The smallest absolute Gasteiger partial charge is 0.0593 e. The Morgan fingerprint density at radius 2 is 1.94 bits per heavy atom. The molecule has 1 saturated carbocycles. The maximum absolute atomic E-state index is 5.46. The summed E-state index contributed by atoms with van der Waals surface area (Å²) >= 11 is 0. The fourth-order valence-corrected chi connectivity index (χ4v) is 3.45. The first-order chi connectivity index (χ1) is 8.79. The van der Waals surface area contributed by atoms with E-state index in [2.05, 4.69) is 23.6 Å². The van der Waals surface area contributed by atoms with Crippen LogP contribution in [0.1, 0.15) is 39.5 Å². The van der Waals surface area contributed by atoms with Crippen LogP contribution in [0.5, 0.6) is 0 Å². The zero-order chi connectivity index (χ0) is 12.8. The first kappa shape index (κ1) is 14.3. The first-order valence-electron chi connectivity index (χ1n) is 7.83. The van der Waals surface area contributed by atoms with Crippen LogP contribution in [0, 0.1) is 5.92 Å². The summed E-state index contributed by atoms with van der Waals surface area (Å²) in [4.78, 5) is 5.28. The molecule has 18 heavy (non-hydrogen) atoms. The average Bonchev–Trinajstić information content (AvgIpc) is 2.85. The van der Waals surface area contributed by atoms with Crippen molar-refractivity contribution in [3.63, 3.8) is 0 Å². The summed E-state index contributed by atoms with van der Waals surface area (Å²) in [6, 6.07) is 0.695. The van der Waals surface area contributed by atoms with Crippen LogP contribution in [0.2, 0.25) is 0 Å². The van der Waals surface area contributed by atoms with Gasteiger partial charge in [0.1, 0.15) is 0 Å². The number of rotatable bonds is 6. The standard InChI is InChI=1S/C15H30N2O/c1-3-18-11-10-17-9-8-16(12-14(17)2)13-15-6-4-5-7-15/h14-15H,3-13H2,1-2H3/t14-/m1/s1. The molecule has 2 fully saturated rings. The molecule has 1 heterocycles. The molecule has 3 nitrogen and oxygen atoms in total. The van der Waals surface area contributed by atoms with Gasteiger partial charge < -0.3 is 9.64 Å². The van der Waals surface area contributed by atoms with E-state index < -0.39 is 0 Å². The molecule has 1 aliphatic heterocycles. The molecule has 0 aromatic rings. The Hall–Kier alpha value is -0.120. The Kier molecular flexibility index (Phi) is 5.93. The minimum absolute atomic E-state index is 0.695. The Morgan fingerprint density at radius 3 is 2.61 bits per heavy atom. The lowest BCUT2D eigenvalue weighted by Crippen LogP contribution is -2.53. The van der Waals surface area contributed by atoms with Gasteiger partial charge in [-0.2, -0.15) is 0 Å². The lowest BCUT2D eigenvalue weighted by Gasteiger charge is -2.40. The van der Waals surface area contributed by atoms with Crippen molar-refractivity contribution >= 4 is 0 Å². The van der Waals surface area contributed by atoms with E-state index in [0.717, 1.165) is 25.7 Å². The summed E-state index contributed by atoms with van der Waals surface area (Å²) in [6.45, 7) is 12.4. The van der Waals surface area contributed by atoms with E-state index in [1.54, 1.807) is 0 Å². The van der Waals surface area contributed by atoms with Crippen molar-refractivity contribution in [2.45, 2.75) is 45.6 Å². The predicted molar refractivity (Wildman–Crippen MR) is 75.9 cm³/mol. The Bertz CT molecular complexity index is 229. The SMILES string of the molecule is CCOCCN1CCN(CC2CCCC2)C[C@H]1C. The van der Waals surface area contributed by atoms with Crippen molar-refractivity contribution < 1.29 is 4.74 Å². The van der Waals surface area contributed by atoms with Crippen LogP contribution < -0.4 is 0 Å². The Morgan fingerprint density at radius 1 is 1.17 bits per heavy atom. The van der Waals surface area contributed by atoms with E-state index in [1.165, 1.54) is 51.9 Å². The number of hydrogen-bond donors (Lipinski definition) is 0. The van der Waals surface area contributed by atoms with Crippen LogP contribution in [0.4, 0.5) is 0 Å². The first-order valence-corrected chi connectivity index (χ1v) is 7.83. The van der Waals surface area contributed by atoms with Gasteiger partial charge in [-0.3, -0.25) is 4.90 Å². The van der Waals surface area contributed by atoms with E-state index >= 15 is 0 Å². The third-order valence-electron chi connectivity index (χ3n) is 4.57. The van der Waals surface area contributed by atoms with Crippen LogP contribution in [-0.4, -0.2) is 61.8 Å². The number of nitrogens with zero attached hydrogens (tertiary/aromatic N) is 2. The van der Waals surface area contributed by atoms with Crippen molar-refractivity contribution in [1.29, 1.82) is 0 Å². The molecule has 2 rings (SSSR count). The summed E-state index contributed by atoms with van der Waals surface area (Å²) in [7, 11) is 0. The van der Waals surface area contributed by atoms with E-state index in [1.807, 2.05) is 0 Å². The summed E-state index contributed by atoms with van der Waals surface area (Å²) in [6.07, 6.45) is 5.88. The van der Waals surface area contributed by atoms with Gasteiger partial charge in [0, 0.05) is 45.4 Å². The summed E-state index contributed by atoms with van der Waals surface area (Å²) < 4.78 is 5.46. The summed E-state index contributed by atoms with van der Waals surface area (Å²) in [5.74, 6) is 0.993. The fraction of sp³-hybridized carbons (Fsp3) is 1.00. The van der Waals surface area contributed by atoms with Gasteiger partial charge in [0.2, 0.25) is 0 Å². The van der Waals surface area contributed by atoms with Gasteiger partial charge in [0.05, 0.1) is 6.61 Å². The number of ether oxygens (including phenoxy) is 1. The lowest BCUT2D eigenvalue weighted by atomic mass is 10.1. The molecule has 0 aromatic carbocycles. The molecule has 1 saturated heterocycles. The summed E-state index contributed by atoms with van der Waals surface area (Å²) in [5.41, 5.74) is 0. The van der Waals surface area contributed by atoms with E-state index in [0.29, 0.717) is 6.04 Å². The third kappa shape index (κ3) is 4.22. The molecule has 0 unspecified atom stereocenters. The van der Waals surface area contributed by atoms with Gasteiger partial charge in [0.15, 0.2) is 0 Å². The van der Waals surface area contributed by atoms with Crippen molar-refractivity contribution in [2.24, 2.45) is 5.92 Å². The number of piperazine rings is 1. The van der Waals surface area contributed by atoms with Crippen LogP contribution in [-0.2, 0) is 4.74 Å². The molecule has 1 aliphatic carbocycles. The second kappa shape index (κ2) is 7.46. The average molecular weight is 254 g/mol. The molecule has 0 N–H and O–H groups in total. The highest BCUT2D eigenvalue weighted by atomic mass is 16.5. The van der Waals surface area contributed by atoms with E-state index in [4.69, 9.17) is 4.74 Å². The highest BCUT2D eigenvalue weighted by molar-refractivity contribution is 4.81. The van der Waals surface area contributed by atoms with Crippen LogP contribution in [0.25, 0.3) is 0 Å². The third-order valence-corrected chi connectivity index (χ3v) is 4.57. The molecular weight excluding hydrogens is 224 g/mol. The van der Waals surface area contributed by atoms with Gasteiger partial charge in [-0.1, -0.05) is 12.8 Å². The second-order valence-electron chi connectivity index (χ2n) is 5.99. The van der Waals surface area contributed by atoms with Crippen molar-refractivity contribution in [2.75, 3.05) is 45.9 Å². The van der Waals surface area contributed by atoms with E-state index in [-0.39, 0.29) is 0 Å². The van der Waals surface area contributed by atoms with Gasteiger partial charge >= 0.3 is 0 Å². The molecule has 1 atom stereocenters. The molecule has 0 aromatic heterocycles. The van der Waals surface area contributed by atoms with Gasteiger partial charge in [0.25, 0.3) is 0 Å². The Balaban J connectivity index is 1.66. The van der Waals surface area contributed by atoms with Crippen molar-refractivity contribution in [3.05, 3.63) is 0 Å². The highest BCUT2D eigenvalue weighted by Gasteiger charge is 2.26. The number of hydrogen-bond acceptors (Lipinski definition) is 3. The molecule has 2 aliphatic rings. The molecule has 0 spiro atoms. The van der Waals surface area contributed by atoms with Gasteiger partial charge in [-0.05, 0) is 32.6 Å². The molecule has 0 radical (unpaired) electrons. The van der Waals surface area contributed by atoms with E-state index in [9.17, 15) is 0 Å². The van der Waals surface area contributed by atoms with Gasteiger partial charge in [-0.25, -0.2) is 0 Å². The maximum Gasteiger partial charge on any atom is 0.0593 e. The van der Waals surface area contributed by atoms with Gasteiger partial charge in [-0.15, -0.1) is 0 Å². The highest BCUT2D eigenvalue weighted by Crippen LogP contribution is 2.26. The van der Waals surface area contributed by atoms with Crippen molar-refractivity contribution in [3.8, 4) is 0 Å². The van der Waals surface area contributed by atoms with Crippen LogP contribution in [0.15, 0.2) is 0 Å². The monoisotopic (exact) mass is 254 g/mol. The quantitative estimate of drug-likeness (QED) is 0.676. The molecular formula is C15H30N2O. The van der Waals surface area contributed by atoms with Crippen LogP contribution >= 0.6 is 0 Å². The zero-order valence-electron chi connectivity index (χ0n) is 12.2. The summed E-state index contributed by atoms with van der Waals surface area (Å²) in [5, 5.41) is 0. The molecule has 106 valence electrons. The maximum atomic E-state index is 5.46. The normalized spacial score (nSPS) is 28.0. The Labute approximate surface area is 112 Å². The largest absolute Gasteiger partial charge is 0.380 e. The minimum Gasteiger partial charge on any atom is -0.380 e. The van der Waals surface area contributed by atoms with Crippen molar-refractivity contribution in [1.82, 2.24) is 9.80 Å². The minimum atomic E-state index is 0.695. The lowest BCUT2D eigenvalue weighted by molar-refractivity contribution is 0.0440. The topological polar surface area (TPSA) is 15.7 Å². The molecule has 3 heteroatoms. The molecule has 0 amide bonds. The zero-order valence-corrected chi connectivity index (χ0v) is 12.2. The van der Waals surface area contributed by atoms with Crippen LogP contribution in [0.3, 0.4) is 0 Å². The second-order valence-corrected chi connectivity index (χ2v) is 5.99.